The summed E-state index contributed by atoms with van der Waals surface area (Å²) in [5.41, 5.74) is 1.56. The van der Waals surface area contributed by atoms with Crippen molar-refractivity contribution in [3.05, 3.63) is 65.4 Å². The fraction of sp³-hybridized carbons (Fsp3) is 0.250. The van der Waals surface area contributed by atoms with Gasteiger partial charge in [-0.15, -0.1) is 0 Å². The smallest absolute Gasteiger partial charge is 0.232 e. The predicted molar refractivity (Wildman–Crippen MR) is 108 cm³/mol. The Hall–Kier alpha value is -3.06. The summed E-state index contributed by atoms with van der Waals surface area (Å²) >= 11 is 5.95. The summed E-state index contributed by atoms with van der Waals surface area (Å²) < 4.78 is 7.30. The fourth-order valence-electron chi connectivity index (χ4n) is 3.64. The lowest BCUT2D eigenvalue weighted by Crippen LogP contribution is -2.46. The van der Waals surface area contributed by atoms with Crippen LogP contribution in [-0.2, 0) is 4.79 Å². The molecule has 4 rings (SSSR count). The van der Waals surface area contributed by atoms with Crippen LogP contribution in [0.4, 0.5) is 11.6 Å². The van der Waals surface area contributed by atoms with Gasteiger partial charge in [0.2, 0.25) is 11.9 Å². The van der Waals surface area contributed by atoms with Crippen molar-refractivity contribution in [3.63, 3.8) is 0 Å². The van der Waals surface area contributed by atoms with Gasteiger partial charge in [0, 0.05) is 22.3 Å². The lowest BCUT2D eigenvalue weighted by Gasteiger charge is -2.37. The van der Waals surface area contributed by atoms with Crippen LogP contribution in [0.15, 0.2) is 54.9 Å². The number of halogens is 1. The summed E-state index contributed by atoms with van der Waals surface area (Å²) in [5.74, 6) is 0.756. The van der Waals surface area contributed by atoms with Gasteiger partial charge in [0.1, 0.15) is 12.1 Å². The average molecular weight is 398 g/mol. The molecule has 1 aliphatic heterocycles. The molecule has 1 amide bonds. The van der Waals surface area contributed by atoms with E-state index in [-0.39, 0.29) is 18.0 Å². The molecule has 3 aromatic rings. The number of anilines is 2. The second kappa shape index (κ2) is 7.52. The molecule has 0 saturated carbocycles. The number of carbonyl (C=O) groups excluding carboxylic acids is 1. The van der Waals surface area contributed by atoms with Crippen molar-refractivity contribution < 1.29 is 9.53 Å². The van der Waals surface area contributed by atoms with Gasteiger partial charge in [0.15, 0.2) is 0 Å². The van der Waals surface area contributed by atoms with E-state index in [0.717, 1.165) is 5.56 Å². The molecule has 7 nitrogen and oxygen atoms in total. The largest absolute Gasteiger partial charge is 0.496 e. The van der Waals surface area contributed by atoms with Crippen LogP contribution in [0, 0.1) is 5.92 Å². The van der Waals surface area contributed by atoms with Gasteiger partial charge >= 0.3 is 0 Å². The molecule has 3 atom stereocenters. The van der Waals surface area contributed by atoms with Gasteiger partial charge in [0.25, 0.3) is 0 Å². The van der Waals surface area contributed by atoms with E-state index in [1.807, 2.05) is 31.2 Å². The molecule has 2 heterocycles. The molecule has 0 radical (unpaired) electrons. The van der Waals surface area contributed by atoms with Crippen molar-refractivity contribution in [2.24, 2.45) is 5.92 Å². The van der Waals surface area contributed by atoms with Gasteiger partial charge in [-0.25, -0.2) is 4.68 Å². The number of hydrogen-bond donors (Lipinski definition) is 2. The molecule has 3 unspecified atom stereocenters. The summed E-state index contributed by atoms with van der Waals surface area (Å²) in [6, 6.07) is 14.2. The number of rotatable bonds is 4. The molecule has 0 saturated heterocycles. The van der Waals surface area contributed by atoms with Gasteiger partial charge in [-0.2, -0.15) is 10.1 Å². The molecule has 0 spiro atoms. The second-order valence-electron chi connectivity index (χ2n) is 6.67. The van der Waals surface area contributed by atoms with Gasteiger partial charge in [-0.3, -0.25) is 4.79 Å². The first-order valence-electron chi connectivity index (χ1n) is 8.94. The first kappa shape index (κ1) is 18.3. The minimum Gasteiger partial charge on any atom is -0.496 e. The number of hydrogen-bond acceptors (Lipinski definition) is 5. The van der Waals surface area contributed by atoms with Crippen molar-refractivity contribution >= 4 is 29.1 Å². The molecule has 0 fully saturated rings. The molecule has 0 bridgehead atoms. The van der Waals surface area contributed by atoms with E-state index in [1.54, 1.807) is 36.1 Å². The zero-order valence-corrected chi connectivity index (χ0v) is 16.2. The number of benzene rings is 2. The number of aromatic nitrogens is 3. The van der Waals surface area contributed by atoms with E-state index in [4.69, 9.17) is 16.3 Å². The fourth-order valence-corrected chi connectivity index (χ4v) is 3.77. The highest BCUT2D eigenvalue weighted by atomic mass is 35.5. The van der Waals surface area contributed by atoms with Gasteiger partial charge in [-0.05, 0) is 37.3 Å². The molecule has 2 N–H and O–H groups in total. The van der Waals surface area contributed by atoms with Crippen LogP contribution in [0.3, 0.4) is 0 Å². The Balaban J connectivity index is 1.75. The van der Waals surface area contributed by atoms with E-state index < -0.39 is 5.92 Å². The van der Waals surface area contributed by atoms with Crippen LogP contribution in [-0.4, -0.2) is 33.8 Å². The second-order valence-corrected chi connectivity index (χ2v) is 7.11. The topological polar surface area (TPSA) is 81.1 Å². The van der Waals surface area contributed by atoms with Gasteiger partial charge < -0.3 is 15.4 Å². The number of nitrogens with one attached hydrogen (secondary N) is 2. The van der Waals surface area contributed by atoms with Crippen LogP contribution in [0.25, 0.3) is 0 Å². The third-order valence-corrected chi connectivity index (χ3v) is 5.20. The molecule has 1 aromatic heterocycles. The zero-order chi connectivity index (χ0) is 19.7. The van der Waals surface area contributed by atoms with Crippen LogP contribution < -0.4 is 15.4 Å². The zero-order valence-electron chi connectivity index (χ0n) is 15.5. The summed E-state index contributed by atoms with van der Waals surface area (Å²) in [6.07, 6.45) is 1.48. The van der Waals surface area contributed by atoms with E-state index in [2.05, 4.69) is 20.7 Å². The molecule has 144 valence electrons. The lowest BCUT2D eigenvalue weighted by atomic mass is 9.85. The quantitative estimate of drug-likeness (QED) is 0.703. The van der Waals surface area contributed by atoms with Crippen molar-refractivity contribution in [1.82, 2.24) is 14.8 Å². The molecular formula is C20H20ClN5O2. The predicted octanol–water partition coefficient (Wildman–Crippen LogP) is 3.60. The molecule has 0 aliphatic carbocycles. The number of ether oxygens (including phenoxy) is 1. The maximum atomic E-state index is 13.3. The van der Waals surface area contributed by atoms with Crippen LogP contribution >= 0.6 is 11.6 Å². The Kier molecular flexibility index (Phi) is 4.92. The molecule has 1 aliphatic rings. The minimum absolute atomic E-state index is 0.126. The Labute approximate surface area is 167 Å². The number of carbonyl (C=O) groups is 1. The minimum atomic E-state index is -0.443. The van der Waals surface area contributed by atoms with Gasteiger partial charge in [-0.1, -0.05) is 29.8 Å². The van der Waals surface area contributed by atoms with Crippen molar-refractivity contribution in [3.8, 4) is 5.75 Å². The van der Waals surface area contributed by atoms with Crippen LogP contribution in [0.5, 0.6) is 5.75 Å². The highest BCUT2D eigenvalue weighted by molar-refractivity contribution is 6.30. The van der Waals surface area contributed by atoms with Crippen LogP contribution in [0.1, 0.15) is 18.5 Å². The number of nitrogens with zero attached hydrogens (tertiary/aromatic N) is 3. The number of amides is 1. The highest BCUT2D eigenvalue weighted by Crippen LogP contribution is 2.40. The summed E-state index contributed by atoms with van der Waals surface area (Å²) in [7, 11) is 1.62. The van der Waals surface area contributed by atoms with E-state index in [0.29, 0.717) is 22.4 Å². The summed E-state index contributed by atoms with van der Waals surface area (Å²) in [5, 5.41) is 11.2. The maximum absolute atomic E-state index is 13.3. The molecule has 2 aromatic carbocycles. The van der Waals surface area contributed by atoms with Crippen molar-refractivity contribution in [2.75, 3.05) is 17.7 Å². The van der Waals surface area contributed by atoms with Gasteiger partial charge in [0.05, 0.1) is 19.1 Å². The third-order valence-electron chi connectivity index (χ3n) is 4.94. The van der Waals surface area contributed by atoms with E-state index in [9.17, 15) is 4.79 Å². The Morgan fingerprint density at radius 3 is 2.71 bits per heavy atom. The lowest BCUT2D eigenvalue weighted by molar-refractivity contribution is -0.121. The van der Waals surface area contributed by atoms with E-state index >= 15 is 0 Å². The monoisotopic (exact) mass is 397 g/mol. The number of para-hydroxylation sites is 1. The maximum Gasteiger partial charge on any atom is 0.232 e. The normalized spacial score (nSPS) is 20.8. The molecule has 8 heteroatoms. The summed E-state index contributed by atoms with van der Waals surface area (Å²) in [6.45, 7) is 1.96. The van der Waals surface area contributed by atoms with Crippen molar-refractivity contribution in [1.29, 1.82) is 0 Å². The first-order chi connectivity index (χ1) is 13.6. The van der Waals surface area contributed by atoms with E-state index in [1.165, 1.54) is 6.33 Å². The first-order valence-corrected chi connectivity index (χ1v) is 9.31. The molecular weight excluding hydrogens is 378 g/mol. The Bertz CT molecular complexity index is 988. The van der Waals surface area contributed by atoms with Crippen LogP contribution in [0.2, 0.25) is 5.02 Å². The third kappa shape index (κ3) is 3.29. The average Bonchev–Trinajstić information content (AvgIpc) is 3.16. The number of methoxy groups -OCH3 is 1. The van der Waals surface area contributed by atoms with Crippen molar-refractivity contribution in [2.45, 2.75) is 19.0 Å². The Morgan fingerprint density at radius 2 is 1.96 bits per heavy atom. The highest BCUT2D eigenvalue weighted by Gasteiger charge is 2.42. The SMILES string of the molecule is COc1ccccc1C1C(C(=O)Nc2ccc(Cl)cc2)C(C)Nc2ncnn21. The molecule has 28 heavy (non-hydrogen) atoms. The standard InChI is InChI=1S/C20H20ClN5O2/c1-12-17(19(27)25-14-9-7-13(21)8-10-14)18(26-20(24-12)22-11-23-26)15-5-3-4-6-16(15)28-2/h3-12,17-18H,1-2H3,(H,25,27)(H,22,23,24). The summed E-state index contributed by atoms with van der Waals surface area (Å²) in [4.78, 5) is 17.6. The number of fused-ring (bicyclic) bond motifs is 1. The Morgan fingerprint density at radius 1 is 1.21 bits per heavy atom.